The monoisotopic (exact) mass is 323 g/mol. The molecule has 0 aliphatic heterocycles. The van der Waals surface area contributed by atoms with E-state index in [1.807, 2.05) is 0 Å². The van der Waals surface area contributed by atoms with Gasteiger partial charge in [0, 0.05) is 4.88 Å². The van der Waals surface area contributed by atoms with Gasteiger partial charge in [-0.05, 0) is 12.5 Å². The van der Waals surface area contributed by atoms with Gasteiger partial charge >= 0.3 is 5.97 Å². The lowest BCUT2D eigenvalue weighted by molar-refractivity contribution is 0.0703. The fourth-order valence-electron chi connectivity index (χ4n) is 1.73. The van der Waals surface area contributed by atoms with Gasteiger partial charge in [0.15, 0.2) is 23.3 Å². The molecule has 0 aliphatic carbocycles. The van der Waals surface area contributed by atoms with Gasteiger partial charge in [-0.15, -0.1) is 11.3 Å². The normalized spacial score (nSPS) is 11.0. The van der Waals surface area contributed by atoms with Gasteiger partial charge in [-0.1, -0.05) is 0 Å². The maximum absolute atomic E-state index is 13.7. The Morgan fingerprint density at radius 3 is 1.81 bits per heavy atom. The van der Waals surface area contributed by atoms with Crippen molar-refractivity contribution in [3.05, 3.63) is 39.5 Å². The summed E-state index contributed by atoms with van der Waals surface area (Å²) in [6.45, 7) is 1.23. The maximum Gasteiger partial charge on any atom is 0.348 e. The average molecular weight is 323 g/mol. The predicted molar refractivity (Wildman–Crippen MR) is 65.7 cm³/mol. The van der Waals surface area contributed by atoms with Crippen LogP contribution in [-0.4, -0.2) is 11.1 Å². The van der Waals surface area contributed by atoms with Gasteiger partial charge in [0.2, 0.25) is 5.82 Å². The Kier molecular flexibility index (Phi) is 3.62. The molecular weight excluding hydrogens is 317 g/mol. The number of hydrogen-bond acceptors (Lipinski definition) is 3. The van der Waals surface area contributed by atoms with Crippen LogP contribution in [0.3, 0.4) is 0 Å². The fraction of sp³-hybridized carbons (Fsp3) is 0.0833. The number of benzene rings is 1. The molecule has 0 unspecified atom stereocenters. The van der Waals surface area contributed by atoms with E-state index in [9.17, 15) is 26.7 Å². The summed E-state index contributed by atoms with van der Waals surface area (Å²) in [7, 11) is 0. The number of anilines is 1. The molecule has 1 heterocycles. The zero-order valence-corrected chi connectivity index (χ0v) is 11.0. The smallest absolute Gasteiger partial charge is 0.348 e. The second kappa shape index (κ2) is 4.99. The number of hydrogen-bond donors (Lipinski definition) is 2. The molecule has 0 amide bonds. The molecule has 0 spiro atoms. The lowest BCUT2D eigenvalue weighted by Crippen LogP contribution is -2.04. The minimum absolute atomic E-state index is 0.0689. The molecule has 112 valence electrons. The molecule has 9 heteroatoms. The molecular formula is C12H6F5NO2S. The van der Waals surface area contributed by atoms with E-state index >= 15 is 0 Å². The summed E-state index contributed by atoms with van der Waals surface area (Å²) in [5.41, 5.74) is 3.93. The molecule has 1 aromatic carbocycles. The van der Waals surface area contributed by atoms with E-state index in [1.54, 1.807) is 0 Å². The third-order valence-corrected chi connectivity index (χ3v) is 4.14. The van der Waals surface area contributed by atoms with Crippen LogP contribution in [0.2, 0.25) is 0 Å². The van der Waals surface area contributed by atoms with E-state index < -0.39 is 50.4 Å². The van der Waals surface area contributed by atoms with Gasteiger partial charge in [-0.3, -0.25) is 0 Å². The first kappa shape index (κ1) is 15.2. The number of thiophene rings is 1. The Balaban J connectivity index is 2.86. The molecule has 1 aromatic heterocycles. The topological polar surface area (TPSA) is 63.3 Å². The molecule has 0 aliphatic rings. The molecule has 0 saturated heterocycles. The van der Waals surface area contributed by atoms with E-state index in [-0.39, 0.29) is 11.3 Å². The van der Waals surface area contributed by atoms with Crippen LogP contribution in [0.15, 0.2) is 0 Å². The molecule has 3 nitrogen and oxygen atoms in total. The highest BCUT2D eigenvalue weighted by atomic mass is 32.1. The van der Waals surface area contributed by atoms with Crippen molar-refractivity contribution in [1.82, 2.24) is 0 Å². The number of carboxylic acid groups (broad SMARTS) is 1. The van der Waals surface area contributed by atoms with Gasteiger partial charge < -0.3 is 10.8 Å². The average Bonchev–Trinajstić information content (AvgIpc) is 2.72. The summed E-state index contributed by atoms with van der Waals surface area (Å²) < 4.78 is 66.8. The summed E-state index contributed by atoms with van der Waals surface area (Å²) >= 11 is 0.339. The molecule has 3 N–H and O–H groups in total. The van der Waals surface area contributed by atoms with Gasteiger partial charge in [0.25, 0.3) is 0 Å². The third-order valence-electron chi connectivity index (χ3n) is 2.82. The van der Waals surface area contributed by atoms with Crippen molar-refractivity contribution >= 4 is 23.0 Å². The first-order valence-electron chi connectivity index (χ1n) is 5.32. The summed E-state index contributed by atoms with van der Waals surface area (Å²) in [6.07, 6.45) is 0. The van der Waals surface area contributed by atoms with E-state index in [0.29, 0.717) is 11.3 Å². The second-order valence-corrected chi connectivity index (χ2v) is 5.07. The fourth-order valence-corrected chi connectivity index (χ4v) is 2.83. The molecule has 21 heavy (non-hydrogen) atoms. The van der Waals surface area contributed by atoms with Crippen molar-refractivity contribution in [2.45, 2.75) is 6.92 Å². The highest BCUT2D eigenvalue weighted by Gasteiger charge is 2.30. The Morgan fingerprint density at radius 2 is 1.43 bits per heavy atom. The molecule has 0 radical (unpaired) electrons. The van der Waals surface area contributed by atoms with Crippen molar-refractivity contribution in [3.8, 4) is 10.4 Å². The first-order chi connectivity index (χ1) is 9.68. The largest absolute Gasteiger partial charge is 0.477 e. The van der Waals surface area contributed by atoms with E-state index in [0.717, 1.165) is 0 Å². The number of nitrogens with two attached hydrogens (primary N) is 1. The summed E-state index contributed by atoms with van der Waals surface area (Å²) in [6, 6.07) is 0. The Hall–Kier alpha value is -2.16. The number of carboxylic acids is 1. The second-order valence-electron chi connectivity index (χ2n) is 4.05. The van der Waals surface area contributed by atoms with Crippen LogP contribution in [0.25, 0.3) is 10.4 Å². The SMILES string of the molecule is Cc1c(-c2c(F)c(F)c(F)c(F)c2F)sc(C(=O)O)c1N. The van der Waals surface area contributed by atoms with Crippen molar-refractivity contribution in [3.63, 3.8) is 0 Å². The van der Waals surface area contributed by atoms with Crippen LogP contribution in [0.5, 0.6) is 0 Å². The Morgan fingerprint density at radius 1 is 1.00 bits per heavy atom. The van der Waals surface area contributed by atoms with Crippen LogP contribution >= 0.6 is 11.3 Å². The molecule has 2 aromatic rings. The summed E-state index contributed by atoms with van der Waals surface area (Å²) in [5.74, 6) is -12.0. The van der Waals surface area contributed by atoms with Crippen molar-refractivity contribution in [2.75, 3.05) is 5.73 Å². The van der Waals surface area contributed by atoms with Crippen molar-refractivity contribution in [1.29, 1.82) is 0 Å². The lowest BCUT2D eigenvalue weighted by atomic mass is 10.1. The Labute approximate surface area is 118 Å². The molecule has 0 bridgehead atoms. The van der Waals surface area contributed by atoms with Gasteiger partial charge in [-0.25, -0.2) is 26.7 Å². The number of rotatable bonds is 2. The molecule has 2 rings (SSSR count). The number of halogens is 5. The van der Waals surface area contributed by atoms with Gasteiger partial charge in [0.1, 0.15) is 4.88 Å². The quantitative estimate of drug-likeness (QED) is 0.503. The van der Waals surface area contributed by atoms with E-state index in [2.05, 4.69) is 0 Å². The maximum atomic E-state index is 13.7. The zero-order valence-electron chi connectivity index (χ0n) is 10.2. The van der Waals surface area contributed by atoms with Gasteiger partial charge in [-0.2, -0.15) is 0 Å². The highest BCUT2D eigenvalue weighted by molar-refractivity contribution is 7.18. The molecule has 0 fully saturated rings. The summed E-state index contributed by atoms with van der Waals surface area (Å²) in [4.78, 5) is 10.1. The predicted octanol–water partition coefficient (Wildman–Crippen LogP) is 3.70. The number of nitrogen functional groups attached to an aromatic ring is 1. The van der Waals surface area contributed by atoms with Crippen LogP contribution in [0.1, 0.15) is 15.2 Å². The van der Waals surface area contributed by atoms with Gasteiger partial charge in [0.05, 0.1) is 11.3 Å². The molecule has 0 saturated carbocycles. The standard InChI is InChI=1S/C12H6F5NO2S/c1-2-9(18)11(12(19)20)21-10(2)3-4(13)6(15)8(17)7(16)5(3)14/h18H2,1H3,(H,19,20). The summed E-state index contributed by atoms with van der Waals surface area (Å²) in [5, 5.41) is 8.88. The van der Waals surface area contributed by atoms with Crippen LogP contribution in [-0.2, 0) is 0 Å². The molecule has 0 atom stereocenters. The van der Waals surface area contributed by atoms with Crippen LogP contribution in [0.4, 0.5) is 27.6 Å². The van der Waals surface area contributed by atoms with Crippen molar-refractivity contribution in [2.24, 2.45) is 0 Å². The zero-order chi connectivity index (χ0) is 16.1. The van der Waals surface area contributed by atoms with Crippen LogP contribution < -0.4 is 5.73 Å². The number of carbonyl (C=O) groups is 1. The first-order valence-corrected chi connectivity index (χ1v) is 6.14. The lowest BCUT2D eigenvalue weighted by Gasteiger charge is -2.07. The van der Waals surface area contributed by atoms with Crippen molar-refractivity contribution < 1.29 is 31.9 Å². The minimum atomic E-state index is -2.28. The van der Waals surface area contributed by atoms with E-state index in [4.69, 9.17) is 10.8 Å². The minimum Gasteiger partial charge on any atom is -0.477 e. The number of aromatic carboxylic acids is 1. The van der Waals surface area contributed by atoms with Crippen LogP contribution in [0, 0.1) is 36.0 Å². The van der Waals surface area contributed by atoms with E-state index in [1.165, 1.54) is 6.92 Å². The highest BCUT2D eigenvalue weighted by Crippen LogP contribution is 2.41. The third kappa shape index (κ3) is 2.13. The Bertz CT molecular complexity index is 743.